The van der Waals surface area contributed by atoms with Gasteiger partial charge in [-0.3, -0.25) is 4.99 Å². The van der Waals surface area contributed by atoms with Crippen LogP contribution >= 0.6 is 0 Å². The lowest BCUT2D eigenvalue weighted by molar-refractivity contribution is -0.348. The Bertz CT molecular complexity index is 281. The Labute approximate surface area is 80.9 Å². The number of aliphatic imine (C=N–C) groups is 1. The van der Waals surface area contributed by atoms with Crippen LogP contribution in [0.5, 0.6) is 0 Å². The number of hydrogen-bond donors (Lipinski definition) is 1. The maximum absolute atomic E-state index is 10.5. The topological polar surface area (TPSA) is 91.3 Å². The molecule has 0 saturated carbocycles. The molecule has 7 heteroatoms. The number of oxime groups is 1. The summed E-state index contributed by atoms with van der Waals surface area (Å²) >= 11 is 0. The third-order valence-corrected chi connectivity index (χ3v) is 2.09. The van der Waals surface area contributed by atoms with Crippen molar-refractivity contribution in [1.82, 2.24) is 4.90 Å². The van der Waals surface area contributed by atoms with Crippen LogP contribution in [-0.2, 0) is 0 Å². The summed E-state index contributed by atoms with van der Waals surface area (Å²) < 4.78 is 0. The van der Waals surface area contributed by atoms with Crippen molar-refractivity contribution in [2.24, 2.45) is 10.1 Å². The minimum absolute atomic E-state index is 0.148. The average Bonchev–Trinajstić information content (AvgIpc) is 2.65. The largest absolute Gasteiger partial charge is 0.451 e. The highest BCUT2D eigenvalue weighted by molar-refractivity contribution is 6.36. The van der Waals surface area contributed by atoms with Crippen LogP contribution in [0.4, 0.5) is 0 Å². The highest BCUT2D eigenvalue weighted by Crippen LogP contribution is 2.09. The smallest absolute Gasteiger partial charge is 0.358 e. The molecule has 0 atom stereocenters. The highest BCUT2D eigenvalue weighted by Gasteiger charge is 2.29. The van der Waals surface area contributed by atoms with Gasteiger partial charge < -0.3 is 20.2 Å². The first-order valence-electron chi connectivity index (χ1n) is 4.29. The van der Waals surface area contributed by atoms with Crippen LogP contribution in [0.2, 0.25) is 0 Å². The molecule has 0 radical (unpaired) electrons. The van der Waals surface area contributed by atoms with Gasteiger partial charge in [-0.05, 0) is 17.8 Å². The second-order valence-corrected chi connectivity index (χ2v) is 2.92. The van der Waals surface area contributed by atoms with E-state index in [0.29, 0.717) is 0 Å². The Balaban J connectivity index is 2.85. The fourth-order valence-electron chi connectivity index (χ4n) is 1.47. The van der Waals surface area contributed by atoms with Gasteiger partial charge in [0.1, 0.15) is 0 Å². The van der Waals surface area contributed by atoms with E-state index in [9.17, 15) is 10.1 Å². The summed E-state index contributed by atoms with van der Waals surface area (Å²) in [5, 5.41) is 21.6. The second-order valence-electron chi connectivity index (χ2n) is 2.92. The zero-order valence-corrected chi connectivity index (χ0v) is 7.88. The van der Waals surface area contributed by atoms with Gasteiger partial charge in [-0.15, -0.1) is 0 Å². The number of nitro groups is 1. The van der Waals surface area contributed by atoms with Gasteiger partial charge in [0.05, 0.1) is 0 Å². The Kier molecular flexibility index (Phi) is 3.38. The average molecular weight is 200 g/mol. The van der Waals surface area contributed by atoms with E-state index in [1.807, 2.05) is 0 Å². The molecule has 1 aliphatic rings. The van der Waals surface area contributed by atoms with Gasteiger partial charge in [0.15, 0.2) is 5.16 Å². The van der Waals surface area contributed by atoms with E-state index in [0.717, 1.165) is 25.9 Å². The molecule has 1 aliphatic heterocycles. The lowest BCUT2D eigenvalue weighted by Gasteiger charge is -2.15. The minimum Gasteiger partial charge on any atom is -0.358 e. The summed E-state index contributed by atoms with van der Waals surface area (Å²) in [4.78, 5) is 15.3. The molecule has 0 aromatic heterocycles. The van der Waals surface area contributed by atoms with Gasteiger partial charge in [0.2, 0.25) is 5.84 Å². The van der Waals surface area contributed by atoms with Crippen LogP contribution in [-0.4, -0.2) is 46.8 Å². The lowest BCUT2D eigenvalue weighted by Crippen LogP contribution is -2.38. The molecule has 7 nitrogen and oxygen atoms in total. The molecule has 0 spiro atoms. The Morgan fingerprint density at radius 3 is 2.43 bits per heavy atom. The van der Waals surface area contributed by atoms with Crippen molar-refractivity contribution in [1.29, 1.82) is 0 Å². The van der Waals surface area contributed by atoms with E-state index < -0.39 is 10.8 Å². The van der Waals surface area contributed by atoms with Crippen molar-refractivity contribution in [3.05, 3.63) is 10.1 Å². The van der Waals surface area contributed by atoms with Gasteiger partial charge in [-0.2, -0.15) is 0 Å². The van der Waals surface area contributed by atoms with Crippen LogP contribution in [0.25, 0.3) is 0 Å². The van der Waals surface area contributed by atoms with Crippen LogP contribution in [0, 0.1) is 10.1 Å². The first-order chi connectivity index (χ1) is 6.70. The third kappa shape index (κ3) is 1.98. The highest BCUT2D eigenvalue weighted by atomic mass is 16.6. The fourth-order valence-corrected chi connectivity index (χ4v) is 1.47. The molecule has 0 aliphatic carbocycles. The van der Waals surface area contributed by atoms with Crippen molar-refractivity contribution in [2.75, 3.05) is 20.1 Å². The fraction of sp³-hybridized carbons (Fsp3) is 0.714. The maximum atomic E-state index is 10.5. The van der Waals surface area contributed by atoms with Crippen molar-refractivity contribution in [3.63, 3.8) is 0 Å². The first kappa shape index (κ1) is 10.4. The summed E-state index contributed by atoms with van der Waals surface area (Å²) in [5.41, 5.74) is 0. The molecule has 1 saturated heterocycles. The van der Waals surface area contributed by atoms with Gasteiger partial charge in [-0.25, -0.2) is 0 Å². The van der Waals surface area contributed by atoms with E-state index in [-0.39, 0.29) is 5.84 Å². The molecular weight excluding hydrogens is 188 g/mol. The van der Waals surface area contributed by atoms with E-state index >= 15 is 0 Å². The van der Waals surface area contributed by atoms with Crippen LogP contribution in [0.3, 0.4) is 0 Å². The molecule has 1 fully saturated rings. The van der Waals surface area contributed by atoms with Crippen molar-refractivity contribution >= 4 is 11.7 Å². The number of hydrogen-bond acceptors (Lipinski definition) is 5. The molecular formula is C7H12N4O3. The quantitative estimate of drug-likeness (QED) is 0.198. The van der Waals surface area contributed by atoms with Crippen molar-refractivity contribution in [2.45, 2.75) is 12.8 Å². The summed E-state index contributed by atoms with van der Waals surface area (Å²) in [5.74, 6) is -0.440. The van der Waals surface area contributed by atoms with Crippen molar-refractivity contribution in [3.8, 4) is 0 Å². The normalized spacial score (nSPS) is 18.8. The van der Waals surface area contributed by atoms with Crippen LogP contribution < -0.4 is 0 Å². The van der Waals surface area contributed by atoms with E-state index in [2.05, 4.69) is 10.1 Å². The predicted octanol–water partition coefficient (Wildman–Crippen LogP) is 0.175. The van der Waals surface area contributed by atoms with Crippen molar-refractivity contribution < 1.29 is 10.1 Å². The molecule has 1 heterocycles. The molecule has 1 rings (SSSR count). The van der Waals surface area contributed by atoms with Gasteiger partial charge >= 0.3 is 5.84 Å². The van der Waals surface area contributed by atoms with E-state index in [1.165, 1.54) is 7.05 Å². The zero-order chi connectivity index (χ0) is 10.6. The summed E-state index contributed by atoms with van der Waals surface area (Å²) in [6.07, 6.45) is 1.96. The first-order valence-corrected chi connectivity index (χ1v) is 4.29. The molecule has 0 amide bonds. The van der Waals surface area contributed by atoms with Gasteiger partial charge in [0.25, 0.3) is 0 Å². The predicted molar refractivity (Wildman–Crippen MR) is 50.4 cm³/mol. The molecule has 78 valence electrons. The maximum Gasteiger partial charge on any atom is 0.451 e. The third-order valence-electron chi connectivity index (χ3n) is 2.09. The number of amidine groups is 2. The molecule has 14 heavy (non-hydrogen) atoms. The summed E-state index contributed by atoms with van der Waals surface area (Å²) in [7, 11) is 1.45. The molecule has 0 bridgehead atoms. The molecule has 0 aromatic rings. The van der Waals surface area contributed by atoms with E-state index in [4.69, 9.17) is 5.21 Å². The standard InChI is InChI=1S/C7H12N4O3/c1-8-6(7(9-12)11(13)14)10-4-2-3-5-10/h12H,2-5H2,1H3. The van der Waals surface area contributed by atoms with Crippen LogP contribution in [0.15, 0.2) is 10.1 Å². The van der Waals surface area contributed by atoms with E-state index in [1.54, 1.807) is 4.90 Å². The number of nitrogens with zero attached hydrogens (tertiary/aromatic N) is 4. The Hall–Kier alpha value is -1.66. The zero-order valence-electron chi connectivity index (χ0n) is 7.88. The van der Waals surface area contributed by atoms with Gasteiger partial charge in [-0.1, -0.05) is 0 Å². The molecule has 0 aromatic carbocycles. The molecule has 1 N–H and O–H groups in total. The van der Waals surface area contributed by atoms with Gasteiger partial charge in [0, 0.05) is 20.1 Å². The number of rotatable bonds is 0. The minimum atomic E-state index is -0.735. The number of likely N-dealkylation sites (tertiary alicyclic amines) is 1. The summed E-state index contributed by atoms with van der Waals surface area (Å²) in [6, 6.07) is 0. The Morgan fingerprint density at radius 2 is 2.07 bits per heavy atom. The van der Waals surface area contributed by atoms with Crippen LogP contribution in [0.1, 0.15) is 12.8 Å². The second kappa shape index (κ2) is 4.54. The molecule has 0 unspecified atom stereocenters. The monoisotopic (exact) mass is 200 g/mol. The Morgan fingerprint density at radius 1 is 1.50 bits per heavy atom. The summed E-state index contributed by atoms with van der Waals surface area (Å²) in [6.45, 7) is 1.44. The SMILES string of the molecule is CN=C(C(=NO)[N+](=O)[O-])N1CCCC1. The lowest BCUT2D eigenvalue weighted by atomic mass is 10.4.